The number of pyridine rings is 2. The summed E-state index contributed by atoms with van der Waals surface area (Å²) in [6, 6.07) is 5.82. The standard InChI is InChI=1S/C24H18F4N4O3/c1-2-14-7-15(11-29-10-14)19-8-16(12-30-22(19)32-6-5-18(33)13-32)23(34)31-17-3-4-21(20(25)9-17)35-24(26,27)28/h1,3-4,7-12,18,33H,5-6,13H2,(H,31,34)/t18-/m1/s1. The zero-order valence-corrected chi connectivity index (χ0v) is 18.0. The molecule has 1 fully saturated rings. The minimum absolute atomic E-state index is 0.0775. The van der Waals surface area contributed by atoms with Crippen LogP contribution in [0.15, 0.2) is 48.9 Å². The Morgan fingerprint density at radius 3 is 2.69 bits per heavy atom. The lowest BCUT2D eigenvalue weighted by molar-refractivity contribution is -0.275. The number of halogens is 4. The fourth-order valence-electron chi connectivity index (χ4n) is 3.64. The molecule has 3 aromatic rings. The number of aliphatic hydroxyl groups excluding tert-OH is 1. The zero-order valence-electron chi connectivity index (χ0n) is 18.0. The van der Waals surface area contributed by atoms with Crippen LogP contribution < -0.4 is 15.0 Å². The molecule has 11 heteroatoms. The van der Waals surface area contributed by atoms with E-state index in [4.69, 9.17) is 6.42 Å². The number of aliphatic hydroxyl groups is 1. The number of benzene rings is 1. The highest BCUT2D eigenvalue weighted by Crippen LogP contribution is 2.33. The zero-order chi connectivity index (χ0) is 25.2. The van der Waals surface area contributed by atoms with Crippen molar-refractivity contribution < 1.29 is 32.2 Å². The van der Waals surface area contributed by atoms with Gasteiger partial charge in [-0.3, -0.25) is 9.78 Å². The number of terminal acetylenes is 1. The van der Waals surface area contributed by atoms with E-state index in [0.29, 0.717) is 48.1 Å². The summed E-state index contributed by atoms with van der Waals surface area (Å²) < 4.78 is 54.6. The van der Waals surface area contributed by atoms with E-state index in [2.05, 4.69) is 25.9 Å². The monoisotopic (exact) mass is 486 g/mol. The first-order valence-corrected chi connectivity index (χ1v) is 10.3. The molecular formula is C24H18F4N4O3. The van der Waals surface area contributed by atoms with Crippen LogP contribution in [-0.2, 0) is 0 Å². The molecule has 3 heterocycles. The van der Waals surface area contributed by atoms with Gasteiger partial charge in [0.1, 0.15) is 5.82 Å². The Labute approximate surface area is 197 Å². The highest BCUT2D eigenvalue weighted by atomic mass is 19.4. The molecule has 0 spiro atoms. The first-order chi connectivity index (χ1) is 16.6. The number of anilines is 2. The third-order valence-electron chi connectivity index (χ3n) is 5.22. The van der Waals surface area contributed by atoms with Gasteiger partial charge in [0.25, 0.3) is 5.91 Å². The van der Waals surface area contributed by atoms with Gasteiger partial charge in [0.05, 0.1) is 11.7 Å². The maximum atomic E-state index is 14.0. The van der Waals surface area contributed by atoms with Crippen LogP contribution in [0.3, 0.4) is 0 Å². The van der Waals surface area contributed by atoms with Gasteiger partial charge < -0.3 is 20.1 Å². The normalized spacial score (nSPS) is 15.5. The van der Waals surface area contributed by atoms with Crippen molar-refractivity contribution in [3.8, 4) is 29.2 Å². The number of rotatable bonds is 5. The molecule has 2 aromatic heterocycles. The predicted octanol–water partition coefficient (Wildman–Crippen LogP) is 3.99. The van der Waals surface area contributed by atoms with Crippen LogP contribution in [-0.4, -0.2) is 46.5 Å². The Morgan fingerprint density at radius 2 is 2.03 bits per heavy atom. The summed E-state index contributed by atoms with van der Waals surface area (Å²) in [6.07, 6.45) is 4.86. The summed E-state index contributed by atoms with van der Waals surface area (Å²) in [4.78, 5) is 23.3. The Morgan fingerprint density at radius 1 is 1.23 bits per heavy atom. The number of nitrogens with zero attached hydrogens (tertiary/aromatic N) is 3. The van der Waals surface area contributed by atoms with Gasteiger partial charge in [-0.25, -0.2) is 9.37 Å². The van der Waals surface area contributed by atoms with Crippen LogP contribution in [0.2, 0.25) is 0 Å². The third-order valence-corrected chi connectivity index (χ3v) is 5.22. The molecule has 7 nitrogen and oxygen atoms in total. The van der Waals surface area contributed by atoms with E-state index in [0.717, 1.165) is 12.1 Å². The van der Waals surface area contributed by atoms with E-state index < -0.39 is 29.9 Å². The van der Waals surface area contributed by atoms with Crippen molar-refractivity contribution in [3.05, 3.63) is 65.9 Å². The highest BCUT2D eigenvalue weighted by molar-refractivity contribution is 6.05. The van der Waals surface area contributed by atoms with Crippen molar-refractivity contribution in [1.29, 1.82) is 0 Å². The van der Waals surface area contributed by atoms with Gasteiger partial charge in [-0.05, 0) is 30.7 Å². The molecule has 0 aliphatic carbocycles. The number of alkyl halides is 3. The van der Waals surface area contributed by atoms with Gasteiger partial charge in [0.15, 0.2) is 11.6 Å². The summed E-state index contributed by atoms with van der Waals surface area (Å²) in [6.45, 7) is 0.917. The van der Waals surface area contributed by atoms with Gasteiger partial charge in [0.2, 0.25) is 0 Å². The summed E-state index contributed by atoms with van der Waals surface area (Å²) in [5, 5.41) is 12.4. The van der Waals surface area contributed by atoms with Crippen molar-refractivity contribution in [1.82, 2.24) is 9.97 Å². The molecule has 1 amide bonds. The van der Waals surface area contributed by atoms with Crippen LogP contribution in [0, 0.1) is 18.2 Å². The number of hydrogen-bond acceptors (Lipinski definition) is 6. The lowest BCUT2D eigenvalue weighted by Gasteiger charge is -2.21. The predicted molar refractivity (Wildman–Crippen MR) is 119 cm³/mol. The molecule has 0 bridgehead atoms. The fourth-order valence-corrected chi connectivity index (χ4v) is 3.64. The maximum absolute atomic E-state index is 14.0. The molecule has 0 radical (unpaired) electrons. The second-order valence-electron chi connectivity index (χ2n) is 7.74. The SMILES string of the molecule is C#Cc1cncc(-c2cc(C(=O)Nc3ccc(OC(F)(F)F)c(F)c3)cnc2N2CC[C@@H](O)C2)c1. The lowest BCUT2D eigenvalue weighted by Crippen LogP contribution is -2.23. The molecule has 1 saturated heterocycles. The van der Waals surface area contributed by atoms with Gasteiger partial charge in [0, 0.05) is 60.1 Å². The van der Waals surface area contributed by atoms with Crippen LogP contribution >= 0.6 is 0 Å². The Kier molecular flexibility index (Phi) is 6.57. The molecule has 1 aliphatic heterocycles. The van der Waals surface area contributed by atoms with E-state index in [1.54, 1.807) is 18.3 Å². The molecular weight excluding hydrogens is 468 g/mol. The molecule has 1 aliphatic rings. The van der Waals surface area contributed by atoms with E-state index in [1.165, 1.54) is 12.4 Å². The average molecular weight is 486 g/mol. The molecule has 1 aromatic carbocycles. The van der Waals surface area contributed by atoms with Gasteiger partial charge in [-0.1, -0.05) is 5.92 Å². The summed E-state index contributed by atoms with van der Waals surface area (Å²) >= 11 is 0. The third kappa shape index (κ3) is 5.67. The lowest BCUT2D eigenvalue weighted by atomic mass is 10.0. The number of aromatic nitrogens is 2. The Hall–Kier alpha value is -4.17. The summed E-state index contributed by atoms with van der Waals surface area (Å²) in [7, 11) is 0. The largest absolute Gasteiger partial charge is 0.573 e. The second kappa shape index (κ2) is 9.60. The van der Waals surface area contributed by atoms with Crippen molar-refractivity contribution in [2.24, 2.45) is 0 Å². The van der Waals surface area contributed by atoms with E-state index in [9.17, 15) is 27.5 Å². The van der Waals surface area contributed by atoms with E-state index in [1.807, 2.05) is 4.90 Å². The van der Waals surface area contributed by atoms with Crippen molar-refractivity contribution in [3.63, 3.8) is 0 Å². The van der Waals surface area contributed by atoms with Crippen LogP contribution in [0.4, 0.5) is 29.1 Å². The molecule has 180 valence electrons. The quantitative estimate of drug-likeness (QED) is 0.419. The molecule has 0 saturated carbocycles. The number of hydrogen-bond donors (Lipinski definition) is 2. The molecule has 0 unspecified atom stereocenters. The first kappa shape index (κ1) is 24.0. The summed E-state index contributed by atoms with van der Waals surface area (Å²) in [5.74, 6) is 0.0387. The Bertz CT molecular complexity index is 1310. The first-order valence-electron chi connectivity index (χ1n) is 10.3. The topological polar surface area (TPSA) is 87.6 Å². The van der Waals surface area contributed by atoms with Crippen LogP contribution in [0.25, 0.3) is 11.1 Å². The van der Waals surface area contributed by atoms with Crippen LogP contribution in [0.1, 0.15) is 22.3 Å². The van der Waals surface area contributed by atoms with Gasteiger partial charge in [-0.2, -0.15) is 0 Å². The van der Waals surface area contributed by atoms with Crippen molar-refractivity contribution >= 4 is 17.4 Å². The number of β-amino-alcohol motifs (C(OH)–C–C–N with tert-alkyl or cyclic N) is 1. The minimum Gasteiger partial charge on any atom is -0.403 e. The number of carbonyl (C=O) groups excluding carboxylic acids is 1. The second-order valence-corrected chi connectivity index (χ2v) is 7.74. The van der Waals surface area contributed by atoms with Crippen molar-refractivity contribution in [2.45, 2.75) is 18.9 Å². The number of carbonyl (C=O) groups is 1. The molecule has 2 N–H and O–H groups in total. The minimum atomic E-state index is -5.05. The Balaban J connectivity index is 1.64. The molecule has 4 rings (SSSR count). The smallest absolute Gasteiger partial charge is 0.403 e. The van der Waals surface area contributed by atoms with E-state index >= 15 is 0 Å². The highest BCUT2D eigenvalue weighted by Gasteiger charge is 2.32. The number of amides is 1. The van der Waals surface area contributed by atoms with Crippen LogP contribution in [0.5, 0.6) is 5.75 Å². The maximum Gasteiger partial charge on any atom is 0.573 e. The fraction of sp³-hybridized carbons (Fsp3) is 0.208. The molecule has 35 heavy (non-hydrogen) atoms. The van der Waals surface area contributed by atoms with Crippen molar-refractivity contribution in [2.75, 3.05) is 23.3 Å². The van der Waals surface area contributed by atoms with Gasteiger partial charge >= 0.3 is 6.36 Å². The average Bonchev–Trinajstić information content (AvgIpc) is 3.25. The molecule has 1 atom stereocenters. The van der Waals surface area contributed by atoms with Gasteiger partial charge in [-0.15, -0.1) is 19.6 Å². The number of nitrogens with one attached hydrogen (secondary N) is 1. The van der Waals surface area contributed by atoms with E-state index in [-0.39, 0.29) is 11.3 Å². The summed E-state index contributed by atoms with van der Waals surface area (Å²) in [5.41, 5.74) is 1.67. The number of ether oxygens (including phenoxy) is 1.